The monoisotopic (exact) mass is 464 g/mol. The van der Waals surface area contributed by atoms with E-state index >= 15 is 0 Å². The number of nitrogens with zero attached hydrogens (tertiary/aromatic N) is 3. The first-order chi connectivity index (χ1) is 13.9. The maximum absolute atomic E-state index is 13.1. The highest BCUT2D eigenvalue weighted by atomic mass is 35.5. The molecular weight excluding hydrogens is 445 g/mol. The molecule has 2 heterocycles. The summed E-state index contributed by atoms with van der Waals surface area (Å²) in [6, 6.07) is 3.37. The van der Waals surface area contributed by atoms with Crippen LogP contribution in [0, 0.1) is 6.92 Å². The molecule has 1 aromatic heterocycles. The van der Waals surface area contributed by atoms with Crippen LogP contribution in [0.5, 0.6) is 0 Å². The summed E-state index contributed by atoms with van der Waals surface area (Å²) in [5.41, 5.74) is -0.538. The van der Waals surface area contributed by atoms with Crippen LogP contribution in [0.3, 0.4) is 0 Å². The number of halogens is 4. The van der Waals surface area contributed by atoms with Gasteiger partial charge in [0.25, 0.3) is 0 Å². The summed E-state index contributed by atoms with van der Waals surface area (Å²) in [5, 5.41) is 6.76. The average molecular weight is 465 g/mol. The fourth-order valence-electron chi connectivity index (χ4n) is 3.40. The van der Waals surface area contributed by atoms with Crippen molar-refractivity contribution < 1.29 is 26.4 Å². The lowest BCUT2D eigenvalue weighted by Crippen LogP contribution is -2.49. The third-order valence-electron chi connectivity index (χ3n) is 4.77. The summed E-state index contributed by atoms with van der Waals surface area (Å²) in [6.45, 7) is 1.84. The first-order valence-electron chi connectivity index (χ1n) is 9.09. The maximum atomic E-state index is 13.1. The number of benzene rings is 1. The van der Waals surface area contributed by atoms with Gasteiger partial charge in [-0.25, -0.2) is 13.1 Å². The van der Waals surface area contributed by atoms with Gasteiger partial charge in [-0.15, -0.1) is 0 Å². The fraction of sp³-hybridized carbons (Fsp3) is 0.444. The maximum Gasteiger partial charge on any atom is 0.416 e. The zero-order chi connectivity index (χ0) is 22.3. The molecule has 0 radical (unpaired) electrons. The second kappa shape index (κ2) is 8.20. The third kappa shape index (κ3) is 4.79. The summed E-state index contributed by atoms with van der Waals surface area (Å²) < 4.78 is 65.7. The van der Waals surface area contributed by atoms with Gasteiger partial charge in [0.05, 0.1) is 28.2 Å². The largest absolute Gasteiger partial charge is 0.416 e. The predicted octanol–water partition coefficient (Wildman–Crippen LogP) is 3.61. The quantitative estimate of drug-likeness (QED) is 0.749. The number of alkyl halides is 3. The van der Waals surface area contributed by atoms with Gasteiger partial charge in [0.15, 0.2) is 0 Å². The number of aromatic nitrogens is 2. The lowest BCUT2D eigenvalue weighted by Gasteiger charge is -2.32. The van der Waals surface area contributed by atoms with Gasteiger partial charge in [-0.2, -0.15) is 22.6 Å². The Bertz CT molecular complexity index is 1070. The van der Waals surface area contributed by atoms with E-state index in [1.807, 2.05) is 0 Å². The van der Waals surface area contributed by atoms with E-state index in [2.05, 4.69) is 10.4 Å². The number of piperidine rings is 1. The number of sulfonamides is 1. The lowest BCUT2D eigenvalue weighted by atomic mass is 10.0. The van der Waals surface area contributed by atoms with Gasteiger partial charge < -0.3 is 5.32 Å². The molecule has 0 spiro atoms. The number of hydrogen-bond acceptors (Lipinski definition) is 4. The predicted molar refractivity (Wildman–Crippen MR) is 106 cm³/mol. The molecule has 30 heavy (non-hydrogen) atoms. The van der Waals surface area contributed by atoms with Gasteiger partial charge in [0.2, 0.25) is 15.9 Å². The molecule has 3 rings (SSSR count). The second-order valence-electron chi connectivity index (χ2n) is 7.12. The van der Waals surface area contributed by atoms with Gasteiger partial charge in [0.1, 0.15) is 11.9 Å². The SMILES string of the molecule is Cc1cc(NC(=O)C2CCCCN2S(C)(=O)=O)n(-c2cc(C(F)(F)F)ccc2Cl)n1. The Morgan fingerprint density at radius 3 is 2.60 bits per heavy atom. The summed E-state index contributed by atoms with van der Waals surface area (Å²) in [6.07, 6.45) is -1.87. The summed E-state index contributed by atoms with van der Waals surface area (Å²) in [7, 11) is -3.59. The van der Waals surface area contributed by atoms with Crippen molar-refractivity contribution in [1.82, 2.24) is 14.1 Å². The van der Waals surface area contributed by atoms with Crippen LogP contribution in [0.2, 0.25) is 5.02 Å². The van der Waals surface area contributed by atoms with E-state index in [0.717, 1.165) is 33.4 Å². The molecule has 1 aliphatic heterocycles. The lowest BCUT2D eigenvalue weighted by molar-refractivity contribution is -0.137. The molecule has 1 aliphatic rings. The van der Waals surface area contributed by atoms with Crippen molar-refractivity contribution in [3.8, 4) is 5.69 Å². The normalized spacial score (nSPS) is 18.4. The van der Waals surface area contributed by atoms with Crippen molar-refractivity contribution in [3.63, 3.8) is 0 Å². The number of rotatable bonds is 4. The molecule has 1 saturated heterocycles. The zero-order valence-electron chi connectivity index (χ0n) is 16.2. The number of hydrogen-bond donors (Lipinski definition) is 1. The molecule has 1 amide bonds. The van der Waals surface area contributed by atoms with Crippen molar-refractivity contribution in [2.75, 3.05) is 18.1 Å². The minimum absolute atomic E-state index is 0.0111. The molecular formula is C18H20ClF3N4O3S. The molecule has 1 aromatic carbocycles. The first-order valence-corrected chi connectivity index (χ1v) is 11.3. The van der Waals surface area contributed by atoms with Crippen LogP contribution < -0.4 is 5.32 Å². The van der Waals surface area contributed by atoms with Crippen LogP contribution in [0.15, 0.2) is 24.3 Å². The van der Waals surface area contributed by atoms with E-state index in [9.17, 15) is 26.4 Å². The van der Waals surface area contributed by atoms with Crippen molar-refractivity contribution >= 4 is 33.3 Å². The average Bonchev–Trinajstić information content (AvgIpc) is 3.00. The Balaban J connectivity index is 1.96. The molecule has 1 atom stereocenters. The summed E-state index contributed by atoms with van der Waals surface area (Å²) in [4.78, 5) is 12.9. The smallest absolute Gasteiger partial charge is 0.309 e. The molecule has 0 bridgehead atoms. The van der Waals surface area contributed by atoms with E-state index in [0.29, 0.717) is 25.0 Å². The Kier molecular flexibility index (Phi) is 6.17. The van der Waals surface area contributed by atoms with E-state index in [4.69, 9.17) is 11.6 Å². The van der Waals surface area contributed by atoms with Crippen LogP contribution >= 0.6 is 11.6 Å². The van der Waals surface area contributed by atoms with E-state index < -0.39 is 33.7 Å². The van der Waals surface area contributed by atoms with Crippen molar-refractivity contribution in [3.05, 3.63) is 40.5 Å². The summed E-state index contributed by atoms with van der Waals surface area (Å²) >= 11 is 6.10. The number of anilines is 1. The molecule has 1 unspecified atom stereocenters. The van der Waals surface area contributed by atoms with Crippen LogP contribution in [0.4, 0.5) is 19.0 Å². The molecule has 0 saturated carbocycles. The topological polar surface area (TPSA) is 84.3 Å². The fourth-order valence-corrected chi connectivity index (χ4v) is 4.72. The Hall–Kier alpha value is -2.11. The molecule has 1 N–H and O–H groups in total. The molecule has 12 heteroatoms. The van der Waals surface area contributed by atoms with Crippen molar-refractivity contribution in [2.45, 2.75) is 38.4 Å². The Morgan fingerprint density at radius 2 is 1.97 bits per heavy atom. The standard InChI is InChI=1S/C18H20ClF3N4O3S/c1-11-9-16(23-17(27)14-5-3-4-8-25(14)30(2,28)29)26(24-11)15-10-12(18(20,21)22)6-7-13(15)19/h6-7,9-10,14H,3-5,8H2,1-2H3,(H,23,27). The molecule has 164 valence electrons. The van der Waals surface area contributed by atoms with Gasteiger partial charge in [-0.3, -0.25) is 4.79 Å². The van der Waals surface area contributed by atoms with Crippen molar-refractivity contribution in [2.24, 2.45) is 0 Å². The minimum atomic E-state index is -4.58. The molecule has 2 aromatic rings. The van der Waals surface area contributed by atoms with E-state index in [1.165, 1.54) is 6.07 Å². The Morgan fingerprint density at radius 1 is 1.27 bits per heavy atom. The number of nitrogens with one attached hydrogen (secondary N) is 1. The Labute approximate surface area is 176 Å². The number of carbonyl (C=O) groups is 1. The van der Waals surface area contributed by atoms with Crippen LogP contribution in [-0.2, 0) is 21.0 Å². The van der Waals surface area contributed by atoms with Gasteiger partial charge in [-0.1, -0.05) is 18.0 Å². The van der Waals surface area contributed by atoms with Crippen LogP contribution in [-0.4, -0.2) is 47.3 Å². The highest BCUT2D eigenvalue weighted by Gasteiger charge is 2.35. The van der Waals surface area contributed by atoms with Crippen LogP contribution in [0.1, 0.15) is 30.5 Å². The highest BCUT2D eigenvalue weighted by Crippen LogP contribution is 2.34. The van der Waals surface area contributed by atoms with Gasteiger partial charge in [0, 0.05) is 12.6 Å². The van der Waals surface area contributed by atoms with Crippen LogP contribution in [0.25, 0.3) is 5.69 Å². The van der Waals surface area contributed by atoms with E-state index in [1.54, 1.807) is 6.92 Å². The number of aryl methyl sites for hydroxylation is 1. The zero-order valence-corrected chi connectivity index (χ0v) is 17.8. The third-order valence-corrected chi connectivity index (χ3v) is 6.38. The molecule has 7 nitrogen and oxygen atoms in total. The van der Waals surface area contributed by atoms with Gasteiger partial charge in [-0.05, 0) is 38.0 Å². The highest BCUT2D eigenvalue weighted by molar-refractivity contribution is 7.88. The number of amides is 1. The van der Waals surface area contributed by atoms with Gasteiger partial charge >= 0.3 is 6.18 Å². The first kappa shape index (κ1) is 22.6. The van der Waals surface area contributed by atoms with Crippen molar-refractivity contribution in [1.29, 1.82) is 0 Å². The minimum Gasteiger partial charge on any atom is -0.309 e. The molecule has 0 aliphatic carbocycles. The summed E-state index contributed by atoms with van der Waals surface area (Å²) in [5.74, 6) is -0.484. The second-order valence-corrected chi connectivity index (χ2v) is 9.46. The number of carbonyl (C=O) groups excluding carboxylic acids is 1. The molecule has 1 fully saturated rings. The van der Waals surface area contributed by atoms with E-state index in [-0.39, 0.29) is 23.1 Å².